The Kier molecular flexibility index (Phi) is 6.03. The summed E-state index contributed by atoms with van der Waals surface area (Å²) in [5.41, 5.74) is 0. The van der Waals surface area contributed by atoms with Crippen molar-refractivity contribution in [1.82, 2.24) is 4.90 Å². The standard InChI is InChI=1S/C17H19NO3S/c1-18(17(19)10-9-16-4-3-13-22-16)11-12-21-15-7-5-14(20-2)6-8-15/h3-10,13H,11-12H2,1-2H3. The number of ether oxygens (including phenoxy) is 2. The number of rotatable bonds is 7. The predicted molar refractivity (Wildman–Crippen MR) is 89.5 cm³/mol. The summed E-state index contributed by atoms with van der Waals surface area (Å²) in [6, 6.07) is 11.3. The van der Waals surface area contributed by atoms with Crippen LogP contribution < -0.4 is 9.47 Å². The minimum absolute atomic E-state index is 0.0354. The normalized spacial score (nSPS) is 10.6. The van der Waals surface area contributed by atoms with Crippen LogP contribution in [0.4, 0.5) is 0 Å². The Balaban J connectivity index is 1.74. The van der Waals surface area contributed by atoms with Gasteiger partial charge in [0.05, 0.1) is 13.7 Å². The molecule has 0 atom stereocenters. The molecule has 4 nitrogen and oxygen atoms in total. The zero-order valence-corrected chi connectivity index (χ0v) is 13.5. The molecule has 0 saturated carbocycles. The van der Waals surface area contributed by atoms with Crippen LogP contribution in [0.25, 0.3) is 6.08 Å². The molecule has 1 aromatic heterocycles. The van der Waals surface area contributed by atoms with E-state index in [2.05, 4.69) is 0 Å². The molecule has 0 radical (unpaired) electrons. The van der Waals surface area contributed by atoms with Gasteiger partial charge in [-0.2, -0.15) is 0 Å². The van der Waals surface area contributed by atoms with Gasteiger partial charge in [-0.25, -0.2) is 0 Å². The van der Waals surface area contributed by atoms with Crippen molar-refractivity contribution in [1.29, 1.82) is 0 Å². The molecule has 1 amide bonds. The Bertz CT molecular complexity index is 605. The number of carbonyl (C=O) groups excluding carboxylic acids is 1. The van der Waals surface area contributed by atoms with E-state index in [0.29, 0.717) is 13.2 Å². The highest BCUT2D eigenvalue weighted by Gasteiger charge is 2.05. The molecule has 5 heteroatoms. The fourth-order valence-corrected chi connectivity index (χ4v) is 2.37. The fraction of sp³-hybridized carbons (Fsp3) is 0.235. The lowest BCUT2D eigenvalue weighted by Crippen LogP contribution is -2.29. The van der Waals surface area contributed by atoms with E-state index in [1.54, 1.807) is 36.5 Å². The van der Waals surface area contributed by atoms with Gasteiger partial charge in [0.15, 0.2) is 0 Å². The van der Waals surface area contributed by atoms with Crippen LogP contribution in [0.3, 0.4) is 0 Å². The molecule has 0 fully saturated rings. The maximum absolute atomic E-state index is 11.9. The lowest BCUT2D eigenvalue weighted by atomic mass is 10.3. The van der Waals surface area contributed by atoms with E-state index >= 15 is 0 Å². The summed E-state index contributed by atoms with van der Waals surface area (Å²) in [5, 5.41) is 1.98. The maximum Gasteiger partial charge on any atom is 0.246 e. The molecule has 1 heterocycles. The van der Waals surface area contributed by atoms with Gasteiger partial charge in [-0.3, -0.25) is 4.79 Å². The van der Waals surface area contributed by atoms with Crippen molar-refractivity contribution in [2.75, 3.05) is 27.3 Å². The molecule has 2 aromatic rings. The molecule has 0 aliphatic heterocycles. The van der Waals surface area contributed by atoms with E-state index < -0.39 is 0 Å². The number of thiophene rings is 1. The first-order chi connectivity index (χ1) is 10.7. The smallest absolute Gasteiger partial charge is 0.246 e. The van der Waals surface area contributed by atoms with Crippen LogP contribution in [-0.2, 0) is 4.79 Å². The van der Waals surface area contributed by atoms with Gasteiger partial charge in [0.1, 0.15) is 18.1 Å². The Labute approximate surface area is 134 Å². The molecule has 2 rings (SSSR count). The molecular weight excluding hydrogens is 298 g/mol. The summed E-state index contributed by atoms with van der Waals surface area (Å²) in [6.45, 7) is 0.973. The van der Waals surface area contributed by atoms with Crippen molar-refractivity contribution in [2.24, 2.45) is 0 Å². The third kappa shape index (κ3) is 4.93. The SMILES string of the molecule is COc1ccc(OCCN(C)C(=O)C=Cc2cccs2)cc1. The van der Waals surface area contributed by atoms with Gasteiger partial charge >= 0.3 is 0 Å². The number of likely N-dealkylation sites (N-methyl/N-ethyl adjacent to an activating group) is 1. The topological polar surface area (TPSA) is 38.8 Å². The van der Waals surface area contributed by atoms with Crippen molar-refractivity contribution < 1.29 is 14.3 Å². The second-order valence-electron chi connectivity index (χ2n) is 4.63. The molecule has 0 bridgehead atoms. The van der Waals surface area contributed by atoms with E-state index in [9.17, 15) is 4.79 Å². The second kappa shape index (κ2) is 8.24. The number of benzene rings is 1. The highest BCUT2D eigenvalue weighted by Crippen LogP contribution is 2.16. The second-order valence-corrected chi connectivity index (χ2v) is 5.61. The number of carbonyl (C=O) groups is 1. The van der Waals surface area contributed by atoms with Crippen LogP contribution in [0.5, 0.6) is 11.5 Å². The molecule has 0 aliphatic rings. The summed E-state index contributed by atoms with van der Waals surface area (Å²) >= 11 is 1.60. The van der Waals surface area contributed by atoms with E-state index in [4.69, 9.17) is 9.47 Å². The number of nitrogens with zero attached hydrogens (tertiary/aromatic N) is 1. The molecule has 0 spiro atoms. The summed E-state index contributed by atoms with van der Waals surface area (Å²) in [7, 11) is 3.39. The van der Waals surface area contributed by atoms with Crippen LogP contribution in [-0.4, -0.2) is 38.1 Å². The molecule has 116 valence electrons. The van der Waals surface area contributed by atoms with Crippen LogP contribution in [0.1, 0.15) is 4.88 Å². The first kappa shape index (κ1) is 16.1. The van der Waals surface area contributed by atoms with E-state index in [1.807, 2.05) is 47.9 Å². The van der Waals surface area contributed by atoms with Crippen molar-refractivity contribution in [3.8, 4) is 11.5 Å². The molecule has 0 saturated heterocycles. The minimum atomic E-state index is -0.0354. The zero-order valence-electron chi connectivity index (χ0n) is 12.7. The van der Waals surface area contributed by atoms with E-state index in [-0.39, 0.29) is 5.91 Å². The lowest BCUT2D eigenvalue weighted by molar-refractivity contribution is -0.125. The van der Waals surface area contributed by atoms with Crippen LogP contribution in [0.2, 0.25) is 0 Å². The quantitative estimate of drug-likeness (QED) is 0.736. The van der Waals surface area contributed by atoms with Gasteiger partial charge in [-0.1, -0.05) is 6.07 Å². The van der Waals surface area contributed by atoms with Crippen LogP contribution >= 0.6 is 11.3 Å². The average Bonchev–Trinajstić information content (AvgIpc) is 3.06. The third-order valence-corrected chi connectivity index (χ3v) is 3.90. The Morgan fingerprint density at radius 1 is 1.23 bits per heavy atom. The Morgan fingerprint density at radius 2 is 1.95 bits per heavy atom. The van der Waals surface area contributed by atoms with Gasteiger partial charge in [-0.15, -0.1) is 11.3 Å². The summed E-state index contributed by atoms with van der Waals surface area (Å²) in [4.78, 5) is 14.6. The maximum atomic E-state index is 11.9. The van der Waals surface area contributed by atoms with Gasteiger partial charge in [0.2, 0.25) is 5.91 Å². The Morgan fingerprint density at radius 3 is 2.59 bits per heavy atom. The van der Waals surface area contributed by atoms with Gasteiger partial charge in [-0.05, 0) is 41.8 Å². The largest absolute Gasteiger partial charge is 0.497 e. The molecule has 1 aromatic carbocycles. The number of methoxy groups -OCH3 is 1. The van der Waals surface area contributed by atoms with Crippen LogP contribution in [0.15, 0.2) is 47.9 Å². The number of hydrogen-bond donors (Lipinski definition) is 0. The minimum Gasteiger partial charge on any atom is -0.497 e. The van der Waals surface area contributed by atoms with Crippen LogP contribution in [0, 0.1) is 0 Å². The first-order valence-corrected chi connectivity index (χ1v) is 7.80. The van der Waals surface area contributed by atoms with Crippen molar-refractivity contribution in [2.45, 2.75) is 0 Å². The van der Waals surface area contributed by atoms with E-state index in [0.717, 1.165) is 16.4 Å². The molecule has 0 aliphatic carbocycles. The molecule has 0 unspecified atom stereocenters. The summed E-state index contributed by atoms with van der Waals surface area (Å²) < 4.78 is 10.7. The Hall–Kier alpha value is -2.27. The van der Waals surface area contributed by atoms with Gasteiger partial charge in [0, 0.05) is 18.0 Å². The zero-order chi connectivity index (χ0) is 15.8. The van der Waals surface area contributed by atoms with Gasteiger partial charge < -0.3 is 14.4 Å². The predicted octanol–water partition coefficient (Wildman–Crippen LogP) is 3.31. The average molecular weight is 317 g/mol. The summed E-state index contributed by atoms with van der Waals surface area (Å²) in [6.07, 6.45) is 3.41. The molecular formula is C17H19NO3S. The summed E-state index contributed by atoms with van der Waals surface area (Å²) in [5.74, 6) is 1.51. The highest BCUT2D eigenvalue weighted by molar-refractivity contribution is 7.10. The molecule has 22 heavy (non-hydrogen) atoms. The van der Waals surface area contributed by atoms with Crippen molar-refractivity contribution in [3.63, 3.8) is 0 Å². The number of amides is 1. The molecule has 0 N–H and O–H groups in total. The van der Waals surface area contributed by atoms with E-state index in [1.165, 1.54) is 0 Å². The fourth-order valence-electron chi connectivity index (χ4n) is 1.75. The lowest BCUT2D eigenvalue weighted by Gasteiger charge is -2.15. The first-order valence-electron chi connectivity index (χ1n) is 6.92. The van der Waals surface area contributed by atoms with Crippen molar-refractivity contribution >= 4 is 23.3 Å². The van der Waals surface area contributed by atoms with Gasteiger partial charge in [0.25, 0.3) is 0 Å². The number of hydrogen-bond acceptors (Lipinski definition) is 4. The monoisotopic (exact) mass is 317 g/mol. The van der Waals surface area contributed by atoms with Crippen molar-refractivity contribution in [3.05, 3.63) is 52.7 Å². The third-order valence-electron chi connectivity index (χ3n) is 3.06. The highest BCUT2D eigenvalue weighted by atomic mass is 32.1.